The van der Waals surface area contributed by atoms with E-state index in [2.05, 4.69) is 20.6 Å². The summed E-state index contributed by atoms with van der Waals surface area (Å²) < 4.78 is 3.63. The molecule has 14 heavy (non-hydrogen) atoms. The molecule has 0 amide bonds. The van der Waals surface area contributed by atoms with Gasteiger partial charge in [0.2, 0.25) is 0 Å². The molecule has 0 saturated carbocycles. The van der Waals surface area contributed by atoms with Gasteiger partial charge in [0.1, 0.15) is 6.33 Å². The van der Waals surface area contributed by atoms with E-state index in [1.807, 2.05) is 24.9 Å². The van der Waals surface area contributed by atoms with Crippen molar-refractivity contribution < 1.29 is 0 Å². The van der Waals surface area contributed by atoms with E-state index in [-0.39, 0.29) is 0 Å². The van der Waals surface area contributed by atoms with Crippen molar-refractivity contribution in [1.29, 1.82) is 0 Å². The predicted molar refractivity (Wildman–Crippen MR) is 51.5 cm³/mol. The van der Waals surface area contributed by atoms with Crippen molar-refractivity contribution in [2.24, 2.45) is 14.1 Å². The van der Waals surface area contributed by atoms with E-state index in [0.717, 1.165) is 11.5 Å². The molecule has 1 N–H and O–H groups in total. The van der Waals surface area contributed by atoms with Crippen LogP contribution >= 0.6 is 0 Å². The normalized spacial score (nSPS) is 10.4. The molecule has 0 spiro atoms. The van der Waals surface area contributed by atoms with E-state index in [1.54, 1.807) is 17.2 Å². The molecule has 2 aromatic heterocycles. The lowest BCUT2D eigenvalue weighted by Crippen LogP contribution is -2.05. The molecule has 0 saturated heterocycles. The van der Waals surface area contributed by atoms with Crippen LogP contribution in [0.3, 0.4) is 0 Å². The Balaban J connectivity index is 1.98. The van der Waals surface area contributed by atoms with Gasteiger partial charge in [-0.05, 0) is 0 Å². The lowest BCUT2D eigenvalue weighted by Gasteiger charge is -2.01. The van der Waals surface area contributed by atoms with Crippen LogP contribution in [0.25, 0.3) is 0 Å². The van der Waals surface area contributed by atoms with E-state index in [9.17, 15) is 0 Å². The van der Waals surface area contributed by atoms with Crippen LogP contribution in [0.15, 0.2) is 18.7 Å². The number of hydrogen-bond donors (Lipinski definition) is 1. The zero-order valence-electron chi connectivity index (χ0n) is 8.18. The number of nitrogens with zero attached hydrogens (tertiary/aromatic N) is 5. The number of hydrogen-bond acceptors (Lipinski definition) is 4. The molecule has 0 aromatic carbocycles. The maximum atomic E-state index is 4.05. The Kier molecular flexibility index (Phi) is 2.18. The topological polar surface area (TPSA) is 60.6 Å². The summed E-state index contributed by atoms with van der Waals surface area (Å²) in [7, 11) is 3.80. The Hall–Kier alpha value is -1.85. The quantitative estimate of drug-likeness (QED) is 0.752. The third-order valence-electron chi connectivity index (χ3n) is 1.96. The van der Waals surface area contributed by atoms with Crippen LogP contribution < -0.4 is 5.32 Å². The Labute approximate surface area is 81.6 Å². The molecule has 2 heterocycles. The zero-order chi connectivity index (χ0) is 9.97. The van der Waals surface area contributed by atoms with Crippen molar-refractivity contribution in [2.45, 2.75) is 6.54 Å². The number of nitrogens with one attached hydrogen (secondary N) is 1. The summed E-state index contributed by atoms with van der Waals surface area (Å²) in [6.45, 7) is 0.655. The number of rotatable bonds is 3. The van der Waals surface area contributed by atoms with Crippen LogP contribution in [0.5, 0.6) is 0 Å². The second kappa shape index (κ2) is 3.49. The molecule has 0 fully saturated rings. The molecule has 2 rings (SSSR count). The summed E-state index contributed by atoms with van der Waals surface area (Å²) in [6.07, 6.45) is 5.37. The first-order valence-corrected chi connectivity index (χ1v) is 4.31. The van der Waals surface area contributed by atoms with Crippen LogP contribution in [0.2, 0.25) is 0 Å². The molecule has 6 nitrogen and oxygen atoms in total. The van der Waals surface area contributed by atoms with Crippen molar-refractivity contribution in [1.82, 2.24) is 24.5 Å². The fourth-order valence-electron chi connectivity index (χ4n) is 1.16. The first kappa shape index (κ1) is 8.74. The van der Waals surface area contributed by atoms with Gasteiger partial charge in [-0.25, -0.2) is 0 Å². The highest BCUT2D eigenvalue weighted by Gasteiger charge is 2.00. The third kappa shape index (κ3) is 1.73. The second-order valence-electron chi connectivity index (χ2n) is 3.11. The highest BCUT2D eigenvalue weighted by atomic mass is 15.3. The maximum Gasteiger partial charge on any atom is 0.151 e. The van der Waals surface area contributed by atoms with Crippen LogP contribution in [-0.4, -0.2) is 24.5 Å². The van der Waals surface area contributed by atoms with Gasteiger partial charge >= 0.3 is 0 Å². The molecular formula is C8H12N6. The van der Waals surface area contributed by atoms with Gasteiger partial charge in [-0.15, -0.1) is 10.2 Å². The Morgan fingerprint density at radius 2 is 2.29 bits per heavy atom. The fraction of sp³-hybridized carbons (Fsp3) is 0.375. The summed E-state index contributed by atoms with van der Waals surface area (Å²) >= 11 is 0. The molecule has 0 aliphatic rings. The molecule has 6 heteroatoms. The lowest BCUT2D eigenvalue weighted by atomic mass is 10.5. The van der Waals surface area contributed by atoms with Gasteiger partial charge in [-0.2, -0.15) is 5.10 Å². The van der Waals surface area contributed by atoms with E-state index in [1.165, 1.54) is 0 Å². The summed E-state index contributed by atoms with van der Waals surface area (Å²) in [5, 5.41) is 15.0. The third-order valence-corrected chi connectivity index (χ3v) is 1.96. The summed E-state index contributed by atoms with van der Waals surface area (Å²) in [5.74, 6) is 0.897. The molecule has 2 aromatic rings. The molecule has 0 atom stereocenters. The van der Waals surface area contributed by atoms with Gasteiger partial charge in [0.25, 0.3) is 0 Å². The molecule has 0 aliphatic heterocycles. The molecule has 0 bridgehead atoms. The highest BCUT2D eigenvalue weighted by Crippen LogP contribution is 2.04. The smallest absolute Gasteiger partial charge is 0.151 e. The molecule has 0 radical (unpaired) electrons. The van der Waals surface area contributed by atoms with E-state index in [4.69, 9.17) is 0 Å². The Morgan fingerprint density at radius 1 is 1.43 bits per heavy atom. The van der Waals surface area contributed by atoms with E-state index >= 15 is 0 Å². The maximum absolute atomic E-state index is 4.05. The zero-order valence-corrected chi connectivity index (χ0v) is 8.18. The van der Waals surface area contributed by atoms with Gasteiger partial charge in [0.05, 0.1) is 18.4 Å². The summed E-state index contributed by atoms with van der Waals surface area (Å²) in [6, 6.07) is 0. The van der Waals surface area contributed by atoms with Gasteiger partial charge < -0.3 is 9.88 Å². The SMILES string of the molecule is Cn1cc(NCc2nncn2C)cn1. The average Bonchev–Trinajstić information content (AvgIpc) is 2.72. The van der Waals surface area contributed by atoms with Gasteiger partial charge in [-0.3, -0.25) is 4.68 Å². The number of aromatic nitrogens is 5. The number of aryl methyl sites for hydroxylation is 2. The van der Waals surface area contributed by atoms with Gasteiger partial charge in [-0.1, -0.05) is 0 Å². The molecule has 0 unspecified atom stereocenters. The van der Waals surface area contributed by atoms with Gasteiger partial charge in [0.15, 0.2) is 5.82 Å². The second-order valence-corrected chi connectivity index (χ2v) is 3.11. The van der Waals surface area contributed by atoms with Crippen molar-refractivity contribution in [3.63, 3.8) is 0 Å². The molecular weight excluding hydrogens is 180 g/mol. The molecule has 74 valence electrons. The van der Waals surface area contributed by atoms with Crippen LogP contribution in [0.1, 0.15) is 5.82 Å². The van der Waals surface area contributed by atoms with Crippen molar-refractivity contribution in [3.05, 3.63) is 24.5 Å². The van der Waals surface area contributed by atoms with Crippen LogP contribution in [-0.2, 0) is 20.6 Å². The average molecular weight is 192 g/mol. The van der Waals surface area contributed by atoms with E-state index in [0.29, 0.717) is 6.54 Å². The summed E-state index contributed by atoms with van der Waals surface area (Å²) in [5.41, 5.74) is 0.982. The monoisotopic (exact) mass is 192 g/mol. The Morgan fingerprint density at radius 3 is 2.86 bits per heavy atom. The first-order chi connectivity index (χ1) is 6.75. The van der Waals surface area contributed by atoms with Gasteiger partial charge in [0, 0.05) is 20.3 Å². The minimum Gasteiger partial charge on any atom is -0.375 e. The van der Waals surface area contributed by atoms with Crippen molar-refractivity contribution >= 4 is 5.69 Å². The predicted octanol–water partition coefficient (Wildman–Crippen LogP) is 0.161. The van der Waals surface area contributed by atoms with Crippen LogP contribution in [0, 0.1) is 0 Å². The minimum atomic E-state index is 0.655. The Bertz CT molecular complexity index is 415. The summed E-state index contributed by atoms with van der Waals surface area (Å²) in [4.78, 5) is 0. The lowest BCUT2D eigenvalue weighted by molar-refractivity contribution is 0.767. The number of anilines is 1. The largest absolute Gasteiger partial charge is 0.375 e. The minimum absolute atomic E-state index is 0.655. The highest BCUT2D eigenvalue weighted by molar-refractivity contribution is 5.37. The first-order valence-electron chi connectivity index (χ1n) is 4.31. The van der Waals surface area contributed by atoms with Crippen LogP contribution in [0.4, 0.5) is 5.69 Å². The standard InChI is InChI=1S/C8H12N6/c1-13-6-10-12-8(13)4-9-7-3-11-14(2)5-7/h3,5-6,9H,4H2,1-2H3. The van der Waals surface area contributed by atoms with Crippen molar-refractivity contribution in [2.75, 3.05) is 5.32 Å². The van der Waals surface area contributed by atoms with Crippen molar-refractivity contribution in [3.8, 4) is 0 Å². The molecule has 0 aliphatic carbocycles. The van der Waals surface area contributed by atoms with E-state index < -0.39 is 0 Å². The fourth-order valence-corrected chi connectivity index (χ4v) is 1.16.